The maximum Gasteiger partial charge on any atom is 0.225 e. The second-order valence-electron chi connectivity index (χ2n) is 37.6. The van der Waals surface area contributed by atoms with Gasteiger partial charge in [0.2, 0.25) is 10.9 Å². The minimum absolute atomic E-state index is 0.0822. The van der Waals surface area contributed by atoms with Crippen molar-refractivity contribution in [3.63, 3.8) is 0 Å². The van der Waals surface area contributed by atoms with E-state index in [4.69, 9.17) is 9.47 Å². The van der Waals surface area contributed by atoms with Gasteiger partial charge < -0.3 is 29.9 Å². The summed E-state index contributed by atoms with van der Waals surface area (Å²) in [6, 6.07) is 34.0. The average molecular weight is 1320 g/mol. The predicted octanol–water partition coefficient (Wildman–Crippen LogP) is 21.0. The molecule has 4 heterocycles. The van der Waals surface area contributed by atoms with Gasteiger partial charge in [-0.2, -0.15) is 0 Å². The van der Waals surface area contributed by atoms with Gasteiger partial charge in [-0.3, -0.25) is 9.59 Å². The monoisotopic (exact) mass is 1310 g/mol. The SMILES string of the molecule is CC(C)(C)c1cc2c(O)c(c1)Cc1cc(C(C)(C)C)cc3c1Oc1c(ccc(C(C)(C)C)c(c1=O)Cc1cc(C(C)(C)C)cc(c1O)C2)[C@H]3[C@H]1c2cc(C(C)(C)C)cc3c2Oc2c1ccc(C(C)(C)C)c(c2=O)Cc1cc(C(C)(C)C)cc(c1O)Cc1cc(C(C)(C)C)cc(c1O)C3. The minimum atomic E-state index is -0.755. The third-order valence-corrected chi connectivity index (χ3v) is 21.6. The van der Waals surface area contributed by atoms with Crippen molar-refractivity contribution in [3.8, 4) is 46.0 Å². The molecule has 2 atom stereocenters. The molecule has 0 unspecified atom stereocenters. The van der Waals surface area contributed by atoms with Gasteiger partial charge in [0.15, 0.2) is 11.5 Å². The van der Waals surface area contributed by atoms with Crippen LogP contribution < -0.4 is 20.3 Å². The molecular weight excluding hydrogens is 1210 g/mol. The third kappa shape index (κ3) is 12.6. The summed E-state index contributed by atoms with van der Waals surface area (Å²) < 4.78 is 15.3. The van der Waals surface area contributed by atoms with E-state index < -0.39 is 33.5 Å². The Labute approximate surface area is 583 Å². The second-order valence-corrected chi connectivity index (χ2v) is 37.6. The first kappa shape index (κ1) is 69.8. The first-order chi connectivity index (χ1) is 45.1. The number of phenolic OH excluding ortho intramolecular Hbond substituents is 4. The molecule has 8 aromatic carbocycles. The Morgan fingerprint density at radius 1 is 0.265 bits per heavy atom. The minimum Gasteiger partial charge on any atom is -0.507 e. The van der Waals surface area contributed by atoms with Gasteiger partial charge in [0, 0.05) is 83.7 Å². The summed E-state index contributed by atoms with van der Waals surface area (Å²) in [5.74, 6) is 0.269. The van der Waals surface area contributed by atoms with Gasteiger partial charge in [-0.05, 0) is 143 Å². The van der Waals surface area contributed by atoms with Crippen LogP contribution in [0.4, 0.5) is 0 Å². The first-order valence-electron chi connectivity index (χ1n) is 35.6. The van der Waals surface area contributed by atoms with Crippen molar-refractivity contribution in [1.29, 1.82) is 0 Å². The van der Waals surface area contributed by atoms with Gasteiger partial charge >= 0.3 is 0 Å². The van der Waals surface area contributed by atoms with Crippen molar-refractivity contribution >= 4 is 0 Å². The summed E-state index contributed by atoms with van der Waals surface area (Å²) in [6.07, 6.45) is 1.11. The van der Waals surface area contributed by atoms with Crippen molar-refractivity contribution < 1.29 is 29.9 Å². The van der Waals surface area contributed by atoms with Gasteiger partial charge in [-0.15, -0.1) is 0 Å². The molecule has 0 radical (unpaired) electrons. The van der Waals surface area contributed by atoms with E-state index in [9.17, 15) is 20.4 Å². The second kappa shape index (κ2) is 23.2. The number of hydrogen-bond acceptors (Lipinski definition) is 8. The van der Waals surface area contributed by atoms with Crippen molar-refractivity contribution in [2.24, 2.45) is 0 Å². The van der Waals surface area contributed by atoms with Crippen molar-refractivity contribution in [1.82, 2.24) is 0 Å². The van der Waals surface area contributed by atoms with E-state index in [1.807, 2.05) is 0 Å². The van der Waals surface area contributed by atoms with E-state index in [-0.39, 0.29) is 106 Å². The zero-order chi connectivity index (χ0) is 71.8. The molecule has 98 heavy (non-hydrogen) atoms. The topological polar surface area (TPSA) is 134 Å². The van der Waals surface area contributed by atoms with E-state index in [2.05, 4.69) is 263 Å². The summed E-state index contributed by atoms with van der Waals surface area (Å²) in [6.45, 7) is 52.1. The van der Waals surface area contributed by atoms with E-state index in [0.29, 0.717) is 78.3 Å². The summed E-state index contributed by atoms with van der Waals surface area (Å²) in [5.41, 5.74) is 14.4. The normalized spacial score (nSPS) is 16.3. The molecule has 8 heteroatoms. The number of ether oxygens (including phenoxy) is 2. The van der Waals surface area contributed by atoms with Crippen LogP contribution in [0.3, 0.4) is 0 Å². The quantitative estimate of drug-likeness (QED) is 0.128. The molecule has 0 fully saturated rings. The number of benzene rings is 6. The van der Waals surface area contributed by atoms with Crippen molar-refractivity contribution in [3.05, 3.63) is 251 Å². The molecule has 8 aromatic rings. The van der Waals surface area contributed by atoms with Crippen LogP contribution in [0, 0.1) is 0 Å². The lowest BCUT2D eigenvalue weighted by molar-refractivity contribution is 0.403. The fourth-order valence-electron chi connectivity index (χ4n) is 15.5. The molecule has 0 aliphatic carbocycles. The Bertz CT molecular complexity index is 4480. The molecule has 4 aliphatic rings. The highest BCUT2D eigenvalue weighted by Gasteiger charge is 2.46. The molecule has 4 aliphatic heterocycles. The number of aromatic hydroxyl groups is 4. The van der Waals surface area contributed by atoms with Crippen LogP contribution in [0.2, 0.25) is 0 Å². The van der Waals surface area contributed by atoms with E-state index in [1.165, 1.54) is 0 Å². The van der Waals surface area contributed by atoms with E-state index >= 15 is 9.59 Å². The molecule has 0 spiro atoms. The zero-order valence-corrected chi connectivity index (χ0v) is 63.1. The Balaban J connectivity index is 1.30. The molecule has 0 amide bonds. The highest BCUT2D eigenvalue weighted by atomic mass is 16.5. The predicted molar refractivity (Wildman–Crippen MR) is 401 cm³/mol. The molecule has 8 nitrogen and oxygen atoms in total. The summed E-state index contributed by atoms with van der Waals surface area (Å²) >= 11 is 0. The van der Waals surface area contributed by atoms with E-state index in [1.54, 1.807) is 0 Å². The molecular formula is C90H106O8. The number of fused-ring (bicyclic) bond motifs is 10. The lowest BCUT2D eigenvalue weighted by atomic mass is 9.68. The molecule has 12 rings (SSSR count). The van der Waals surface area contributed by atoms with Gasteiger partial charge in [-0.25, -0.2) is 0 Å². The zero-order valence-electron chi connectivity index (χ0n) is 63.1. The summed E-state index contributed by atoms with van der Waals surface area (Å²) in [4.78, 5) is 34.1. The van der Waals surface area contributed by atoms with Gasteiger partial charge in [0.1, 0.15) is 34.5 Å². The Kier molecular flexibility index (Phi) is 16.6. The van der Waals surface area contributed by atoms with Gasteiger partial charge in [0.05, 0.1) is 0 Å². The average Bonchev–Trinajstić information content (AvgIpc) is 1.20. The number of rotatable bonds is 1. The van der Waals surface area contributed by atoms with Gasteiger partial charge in [0.25, 0.3) is 0 Å². The Hall–Kier alpha value is -8.10. The largest absolute Gasteiger partial charge is 0.507 e. The lowest BCUT2D eigenvalue weighted by Gasteiger charge is -2.39. The van der Waals surface area contributed by atoms with Crippen molar-refractivity contribution in [2.75, 3.05) is 0 Å². The molecule has 4 N–H and O–H groups in total. The standard InChI is InChI=1S/C90H106O8/c1-83(2,3)57-33-47-29-49-35-59(85(7,8)9)39-53(75(49)93)43-65-69(89(19,20)21)27-25-63-71(67-45-61(87(13,14)15)41-55(31-51(37-57)73(47)91)79(67)97-81(63)77(65)95)72-64-26-28-70(90(22,23)24)66-44-54-40-60(86(10,11)12)36-50(76(54)94)30-48-34-58(84(4,5)6)38-52(74(48)92)32-56-42-62(88(16,17)18)46-68(72)80(56)98-82(64)78(66)96/h25-28,33-42,45-46,71-72,91-94H,29-32,43-44H2,1-24H3/t71-,72-/m1/s1. The summed E-state index contributed by atoms with van der Waals surface area (Å²) in [7, 11) is 0. The van der Waals surface area contributed by atoms with Crippen LogP contribution in [0.1, 0.15) is 312 Å². The maximum atomic E-state index is 17.1. The number of hydrogen-bond donors (Lipinski definition) is 4. The van der Waals surface area contributed by atoms with Crippen LogP contribution in [0.25, 0.3) is 0 Å². The highest BCUT2D eigenvalue weighted by Crippen LogP contribution is 2.60. The lowest BCUT2D eigenvalue weighted by Crippen LogP contribution is -2.28. The van der Waals surface area contributed by atoms with Crippen LogP contribution in [-0.4, -0.2) is 20.4 Å². The maximum absolute atomic E-state index is 17.1. The summed E-state index contributed by atoms with van der Waals surface area (Å²) in [5, 5.41) is 52.0. The Morgan fingerprint density at radius 2 is 0.480 bits per heavy atom. The smallest absolute Gasteiger partial charge is 0.225 e. The molecule has 0 saturated carbocycles. The van der Waals surface area contributed by atoms with Crippen LogP contribution in [0.5, 0.6) is 46.0 Å². The highest BCUT2D eigenvalue weighted by molar-refractivity contribution is 5.70. The number of phenols is 4. The molecule has 0 saturated heterocycles. The van der Waals surface area contributed by atoms with Crippen LogP contribution in [0.15, 0.2) is 107 Å². The van der Waals surface area contributed by atoms with Crippen LogP contribution >= 0.6 is 0 Å². The molecule has 514 valence electrons. The fourth-order valence-corrected chi connectivity index (χ4v) is 15.5. The molecule has 0 aromatic heterocycles. The van der Waals surface area contributed by atoms with E-state index in [0.717, 1.165) is 66.8 Å². The third-order valence-electron chi connectivity index (χ3n) is 21.6. The van der Waals surface area contributed by atoms with Crippen LogP contribution in [-0.2, 0) is 81.8 Å². The first-order valence-corrected chi connectivity index (χ1v) is 35.6. The molecule has 14 bridgehead atoms. The van der Waals surface area contributed by atoms with Gasteiger partial charge in [-0.1, -0.05) is 263 Å². The van der Waals surface area contributed by atoms with Crippen molar-refractivity contribution in [2.45, 2.75) is 260 Å². The fraction of sp³-hybridized carbons (Fsp3) is 0.444. The Morgan fingerprint density at radius 3 is 0.714 bits per heavy atom.